The van der Waals surface area contributed by atoms with Crippen LogP contribution < -0.4 is 5.32 Å². The van der Waals surface area contributed by atoms with E-state index >= 15 is 0 Å². The summed E-state index contributed by atoms with van der Waals surface area (Å²) in [6.07, 6.45) is 4.21. The van der Waals surface area contributed by atoms with Gasteiger partial charge in [-0.15, -0.1) is 0 Å². The molecule has 3 fully saturated rings. The van der Waals surface area contributed by atoms with Gasteiger partial charge in [0.2, 0.25) is 11.8 Å². The minimum absolute atomic E-state index is 0.00669. The van der Waals surface area contributed by atoms with Crippen molar-refractivity contribution in [3.63, 3.8) is 0 Å². The summed E-state index contributed by atoms with van der Waals surface area (Å²) in [5, 5.41) is 2.99. The minimum atomic E-state index is -0.667. The van der Waals surface area contributed by atoms with Gasteiger partial charge in [0.05, 0.1) is 0 Å². The van der Waals surface area contributed by atoms with Crippen LogP contribution in [0.5, 0.6) is 0 Å². The Balaban J connectivity index is 1.86. The number of amides is 2. The molecule has 5 nitrogen and oxygen atoms in total. The molecule has 2 amide bonds. The fraction of sp³-hybridized carbons (Fsp3) is 0.867. The zero-order valence-corrected chi connectivity index (χ0v) is 12.7. The van der Waals surface area contributed by atoms with Gasteiger partial charge in [0.15, 0.2) is 0 Å². The van der Waals surface area contributed by atoms with E-state index in [1.54, 1.807) is 0 Å². The summed E-state index contributed by atoms with van der Waals surface area (Å²) in [4.78, 5) is 29.4. The van der Waals surface area contributed by atoms with Gasteiger partial charge in [-0.2, -0.15) is 0 Å². The van der Waals surface area contributed by atoms with Crippen LogP contribution >= 0.6 is 0 Å². The number of nitrogens with zero attached hydrogens (tertiary/aromatic N) is 2. The molecule has 2 aliphatic heterocycles. The molecule has 1 saturated carbocycles. The molecule has 3 aliphatic rings. The molecule has 5 heteroatoms. The molecular formula is C15H25N3O2. The van der Waals surface area contributed by atoms with Gasteiger partial charge in [0.25, 0.3) is 0 Å². The van der Waals surface area contributed by atoms with E-state index in [0.717, 1.165) is 38.8 Å². The predicted octanol–water partition coefficient (Wildman–Crippen LogP) is 0.596. The van der Waals surface area contributed by atoms with Gasteiger partial charge >= 0.3 is 0 Å². The lowest BCUT2D eigenvalue weighted by molar-refractivity contribution is -0.158. The normalized spacial score (nSPS) is 39.9. The average molecular weight is 279 g/mol. The van der Waals surface area contributed by atoms with Crippen molar-refractivity contribution in [2.45, 2.75) is 57.2 Å². The highest BCUT2D eigenvalue weighted by Gasteiger charge is 2.55. The molecule has 0 bridgehead atoms. The third kappa shape index (κ3) is 2.12. The minimum Gasteiger partial charge on any atom is -0.340 e. The third-order valence-corrected chi connectivity index (χ3v) is 5.25. The number of hydrogen-bond acceptors (Lipinski definition) is 3. The first kappa shape index (κ1) is 13.9. The molecule has 1 N–H and O–H groups in total. The Morgan fingerprint density at radius 1 is 1.25 bits per heavy atom. The number of hydrogen-bond donors (Lipinski definition) is 1. The molecule has 112 valence electrons. The summed E-state index contributed by atoms with van der Waals surface area (Å²) in [5.74, 6) is 0.467. The quantitative estimate of drug-likeness (QED) is 0.805. The lowest BCUT2D eigenvalue weighted by Crippen LogP contribution is -2.72. The standard InChI is InChI=1S/C15H25N3O2/c1-10-13(19)16-15(2,11-6-7-11)14(20)18(10)12-5-4-8-17(3)9-12/h10-12H,4-9H2,1-3H3,(H,16,19). The molecule has 0 aromatic carbocycles. The number of nitrogens with one attached hydrogen (secondary N) is 1. The molecule has 3 rings (SSSR count). The maximum Gasteiger partial charge on any atom is 0.249 e. The monoisotopic (exact) mass is 279 g/mol. The number of piperidine rings is 1. The van der Waals surface area contributed by atoms with Crippen molar-refractivity contribution in [2.75, 3.05) is 20.1 Å². The van der Waals surface area contributed by atoms with Gasteiger partial charge < -0.3 is 15.1 Å². The van der Waals surface area contributed by atoms with Gasteiger partial charge in [0, 0.05) is 12.6 Å². The summed E-state index contributed by atoms with van der Waals surface area (Å²) in [7, 11) is 2.09. The van der Waals surface area contributed by atoms with Crippen molar-refractivity contribution in [3.05, 3.63) is 0 Å². The number of likely N-dealkylation sites (N-methyl/N-ethyl adjacent to an activating group) is 1. The van der Waals surface area contributed by atoms with Crippen LogP contribution in [0.2, 0.25) is 0 Å². The van der Waals surface area contributed by atoms with Gasteiger partial charge in [0.1, 0.15) is 11.6 Å². The SMILES string of the molecule is CC1C(=O)NC(C)(C2CC2)C(=O)N1C1CCCN(C)C1. The number of rotatable bonds is 2. The highest BCUT2D eigenvalue weighted by molar-refractivity contribution is 6.00. The van der Waals surface area contributed by atoms with Crippen molar-refractivity contribution in [2.24, 2.45) is 5.92 Å². The summed E-state index contributed by atoms with van der Waals surface area (Å²) in [6, 6.07) is -0.161. The van der Waals surface area contributed by atoms with Crippen molar-refractivity contribution in [1.82, 2.24) is 15.1 Å². The first-order valence-corrected chi connectivity index (χ1v) is 7.77. The summed E-state index contributed by atoms with van der Waals surface area (Å²) in [6.45, 7) is 5.73. The van der Waals surface area contributed by atoms with Crippen LogP contribution in [0.3, 0.4) is 0 Å². The number of piperazine rings is 1. The van der Waals surface area contributed by atoms with Crippen molar-refractivity contribution in [3.8, 4) is 0 Å². The molecule has 0 radical (unpaired) electrons. The van der Waals surface area contributed by atoms with Crippen LogP contribution in [0.15, 0.2) is 0 Å². The fourth-order valence-electron chi connectivity index (χ4n) is 3.77. The topological polar surface area (TPSA) is 52.7 Å². The fourth-order valence-corrected chi connectivity index (χ4v) is 3.77. The second-order valence-electron chi connectivity index (χ2n) is 6.91. The number of likely N-dealkylation sites (tertiary alicyclic amines) is 1. The second-order valence-corrected chi connectivity index (χ2v) is 6.91. The highest BCUT2D eigenvalue weighted by Crippen LogP contribution is 2.42. The largest absolute Gasteiger partial charge is 0.340 e. The van der Waals surface area contributed by atoms with E-state index in [1.165, 1.54) is 0 Å². The van der Waals surface area contributed by atoms with Crippen LogP contribution in [0.1, 0.15) is 39.5 Å². The van der Waals surface area contributed by atoms with E-state index < -0.39 is 5.54 Å². The van der Waals surface area contributed by atoms with E-state index in [0.29, 0.717) is 5.92 Å². The van der Waals surface area contributed by atoms with E-state index in [2.05, 4.69) is 17.3 Å². The molecule has 20 heavy (non-hydrogen) atoms. The smallest absolute Gasteiger partial charge is 0.249 e. The summed E-state index contributed by atoms with van der Waals surface area (Å²) in [5.41, 5.74) is -0.667. The molecule has 3 unspecified atom stereocenters. The van der Waals surface area contributed by atoms with Crippen LogP contribution in [-0.4, -0.2) is 59.4 Å². The maximum atomic E-state index is 13.0. The lowest BCUT2D eigenvalue weighted by Gasteiger charge is -2.48. The zero-order chi connectivity index (χ0) is 14.5. The van der Waals surface area contributed by atoms with Crippen LogP contribution in [0.4, 0.5) is 0 Å². The Morgan fingerprint density at radius 2 is 1.95 bits per heavy atom. The lowest BCUT2D eigenvalue weighted by atomic mass is 9.87. The Labute approximate surface area is 120 Å². The number of carbonyl (C=O) groups excluding carboxylic acids is 2. The van der Waals surface area contributed by atoms with Crippen LogP contribution in [0, 0.1) is 5.92 Å². The first-order chi connectivity index (χ1) is 9.43. The first-order valence-electron chi connectivity index (χ1n) is 7.77. The van der Waals surface area contributed by atoms with Gasteiger partial charge in [-0.1, -0.05) is 0 Å². The molecule has 0 spiro atoms. The van der Waals surface area contributed by atoms with E-state index in [1.807, 2.05) is 18.7 Å². The third-order valence-electron chi connectivity index (χ3n) is 5.25. The molecule has 2 heterocycles. The van der Waals surface area contributed by atoms with Crippen LogP contribution in [0.25, 0.3) is 0 Å². The maximum absolute atomic E-state index is 13.0. The summed E-state index contributed by atoms with van der Waals surface area (Å²) < 4.78 is 0. The molecule has 2 saturated heterocycles. The Hall–Kier alpha value is -1.10. The van der Waals surface area contributed by atoms with Crippen LogP contribution in [-0.2, 0) is 9.59 Å². The Bertz CT molecular complexity index is 435. The van der Waals surface area contributed by atoms with Gasteiger partial charge in [-0.05, 0) is 59.0 Å². The average Bonchev–Trinajstić information content (AvgIpc) is 3.21. The predicted molar refractivity (Wildman–Crippen MR) is 76.1 cm³/mol. The van der Waals surface area contributed by atoms with E-state index in [9.17, 15) is 9.59 Å². The Kier molecular flexibility index (Phi) is 3.27. The van der Waals surface area contributed by atoms with Gasteiger partial charge in [-0.3, -0.25) is 9.59 Å². The molecule has 3 atom stereocenters. The highest BCUT2D eigenvalue weighted by atomic mass is 16.2. The molecule has 0 aromatic heterocycles. The second kappa shape index (κ2) is 4.72. The van der Waals surface area contributed by atoms with Crippen molar-refractivity contribution >= 4 is 11.8 Å². The summed E-state index contributed by atoms with van der Waals surface area (Å²) >= 11 is 0. The molecule has 0 aromatic rings. The molecular weight excluding hydrogens is 254 g/mol. The zero-order valence-electron chi connectivity index (χ0n) is 12.7. The van der Waals surface area contributed by atoms with E-state index in [-0.39, 0.29) is 23.9 Å². The molecule has 1 aliphatic carbocycles. The van der Waals surface area contributed by atoms with E-state index in [4.69, 9.17) is 0 Å². The Morgan fingerprint density at radius 3 is 2.55 bits per heavy atom. The van der Waals surface area contributed by atoms with Crippen molar-refractivity contribution in [1.29, 1.82) is 0 Å². The van der Waals surface area contributed by atoms with Gasteiger partial charge in [-0.25, -0.2) is 0 Å². The number of carbonyl (C=O) groups is 2. The van der Waals surface area contributed by atoms with Crippen molar-refractivity contribution < 1.29 is 9.59 Å².